The molecule has 1 aliphatic rings. The van der Waals surface area contributed by atoms with Crippen molar-refractivity contribution < 1.29 is 9.32 Å². The molecule has 0 spiro atoms. The number of nitrogens with zero attached hydrogens (tertiary/aromatic N) is 3. The van der Waals surface area contributed by atoms with Gasteiger partial charge in [-0.3, -0.25) is 4.79 Å². The summed E-state index contributed by atoms with van der Waals surface area (Å²) in [4.78, 5) is 18.7. The lowest BCUT2D eigenvalue weighted by Gasteiger charge is -2.31. The Morgan fingerprint density at radius 2 is 2.50 bits per heavy atom. The summed E-state index contributed by atoms with van der Waals surface area (Å²) in [7, 11) is 0. The number of aromatic nitrogens is 2. The molecule has 0 radical (unpaired) electrons. The van der Waals surface area contributed by atoms with Gasteiger partial charge in [-0.2, -0.15) is 0 Å². The van der Waals surface area contributed by atoms with E-state index in [1.165, 1.54) is 0 Å². The Labute approximate surface area is 121 Å². The Morgan fingerprint density at radius 1 is 1.60 bits per heavy atom. The van der Waals surface area contributed by atoms with Crippen LogP contribution in [0.15, 0.2) is 22.2 Å². The first-order valence-electron chi connectivity index (χ1n) is 6.92. The topological polar surface area (TPSA) is 59.2 Å². The molecule has 2 aromatic heterocycles. The summed E-state index contributed by atoms with van der Waals surface area (Å²) in [6.07, 6.45) is 4.68. The lowest BCUT2D eigenvalue weighted by atomic mass is 9.98. The van der Waals surface area contributed by atoms with E-state index in [4.69, 9.17) is 4.52 Å². The van der Waals surface area contributed by atoms with Crippen LogP contribution >= 0.6 is 11.3 Å². The SMILES string of the molecule is CCc1cc(C(=O)N2CCC[C@H](c3nccs3)C2)no1. The van der Waals surface area contributed by atoms with Crippen molar-refractivity contribution in [3.63, 3.8) is 0 Å². The number of carbonyl (C=O) groups is 1. The van der Waals surface area contributed by atoms with Gasteiger partial charge in [-0.1, -0.05) is 12.1 Å². The van der Waals surface area contributed by atoms with E-state index < -0.39 is 0 Å². The minimum atomic E-state index is -0.0327. The Bertz CT molecular complexity index is 579. The maximum absolute atomic E-state index is 12.4. The van der Waals surface area contributed by atoms with E-state index in [1.54, 1.807) is 17.4 Å². The Morgan fingerprint density at radius 3 is 3.20 bits per heavy atom. The molecule has 0 unspecified atom stereocenters. The summed E-state index contributed by atoms with van der Waals surface area (Å²) < 4.78 is 5.12. The van der Waals surface area contributed by atoms with Crippen LogP contribution in [0.3, 0.4) is 0 Å². The lowest BCUT2D eigenvalue weighted by molar-refractivity contribution is 0.0696. The van der Waals surface area contributed by atoms with Crippen LogP contribution in [0.4, 0.5) is 0 Å². The molecule has 3 rings (SSSR count). The fraction of sp³-hybridized carbons (Fsp3) is 0.500. The second kappa shape index (κ2) is 5.75. The van der Waals surface area contributed by atoms with Crippen LogP contribution < -0.4 is 0 Å². The van der Waals surface area contributed by atoms with E-state index in [-0.39, 0.29) is 5.91 Å². The summed E-state index contributed by atoms with van der Waals surface area (Å²) in [5.74, 6) is 1.07. The molecule has 5 nitrogen and oxygen atoms in total. The normalized spacial score (nSPS) is 19.2. The van der Waals surface area contributed by atoms with Crippen LogP contribution in [-0.4, -0.2) is 34.0 Å². The Kier molecular flexibility index (Phi) is 3.82. The van der Waals surface area contributed by atoms with Gasteiger partial charge in [-0.25, -0.2) is 4.98 Å². The average Bonchev–Trinajstić information content (AvgIpc) is 3.17. The molecule has 0 aliphatic carbocycles. The van der Waals surface area contributed by atoms with Crippen LogP contribution in [-0.2, 0) is 6.42 Å². The first kappa shape index (κ1) is 13.3. The molecule has 2 aromatic rings. The molecule has 106 valence electrons. The maximum atomic E-state index is 12.4. The molecule has 0 aromatic carbocycles. The van der Waals surface area contributed by atoms with Gasteiger partial charge in [-0.15, -0.1) is 11.3 Å². The molecule has 1 atom stereocenters. The van der Waals surface area contributed by atoms with Crippen LogP contribution in [0.1, 0.15) is 46.9 Å². The van der Waals surface area contributed by atoms with Gasteiger partial charge in [-0.05, 0) is 12.8 Å². The quantitative estimate of drug-likeness (QED) is 0.872. The maximum Gasteiger partial charge on any atom is 0.276 e. The van der Waals surface area contributed by atoms with Crippen molar-refractivity contribution in [1.29, 1.82) is 0 Å². The molecule has 20 heavy (non-hydrogen) atoms. The zero-order valence-electron chi connectivity index (χ0n) is 11.4. The number of hydrogen-bond acceptors (Lipinski definition) is 5. The van der Waals surface area contributed by atoms with Crippen molar-refractivity contribution >= 4 is 17.2 Å². The van der Waals surface area contributed by atoms with Crippen LogP contribution in [0.2, 0.25) is 0 Å². The van der Waals surface area contributed by atoms with E-state index in [0.717, 1.165) is 43.1 Å². The summed E-state index contributed by atoms with van der Waals surface area (Å²) in [6, 6.07) is 1.75. The third-order valence-corrected chi connectivity index (χ3v) is 4.57. The standard InChI is InChI=1S/C14H17N3O2S/c1-2-11-8-12(16-19-11)14(18)17-6-3-4-10(9-17)13-15-5-7-20-13/h5,7-8,10H,2-4,6,9H2,1H3/t10-/m0/s1. The first-order chi connectivity index (χ1) is 9.78. The first-order valence-corrected chi connectivity index (χ1v) is 7.80. The van der Waals surface area contributed by atoms with Gasteiger partial charge < -0.3 is 9.42 Å². The van der Waals surface area contributed by atoms with Crippen LogP contribution in [0.25, 0.3) is 0 Å². The predicted octanol–water partition coefficient (Wildman–Crippen LogP) is 2.71. The third kappa shape index (κ3) is 2.60. The van der Waals surface area contributed by atoms with Gasteiger partial charge >= 0.3 is 0 Å². The highest BCUT2D eigenvalue weighted by Gasteiger charge is 2.28. The van der Waals surface area contributed by atoms with Gasteiger partial charge in [0.05, 0.1) is 5.01 Å². The number of likely N-dealkylation sites (tertiary alicyclic amines) is 1. The molecule has 1 amide bonds. The van der Waals surface area contributed by atoms with E-state index in [2.05, 4.69) is 10.1 Å². The van der Waals surface area contributed by atoms with Crippen molar-refractivity contribution in [1.82, 2.24) is 15.0 Å². The highest BCUT2D eigenvalue weighted by molar-refractivity contribution is 7.09. The number of carbonyl (C=O) groups excluding carboxylic acids is 1. The highest BCUT2D eigenvalue weighted by Crippen LogP contribution is 2.28. The molecule has 1 aliphatic heterocycles. The van der Waals surface area contributed by atoms with Crippen molar-refractivity contribution in [2.45, 2.75) is 32.1 Å². The van der Waals surface area contributed by atoms with Crippen LogP contribution in [0.5, 0.6) is 0 Å². The number of aryl methyl sites for hydroxylation is 1. The largest absolute Gasteiger partial charge is 0.361 e. The van der Waals surface area contributed by atoms with Crippen molar-refractivity contribution in [3.05, 3.63) is 34.1 Å². The molecule has 3 heterocycles. The summed E-state index contributed by atoms with van der Waals surface area (Å²) >= 11 is 1.66. The highest BCUT2D eigenvalue weighted by atomic mass is 32.1. The van der Waals surface area contributed by atoms with E-state index >= 15 is 0 Å². The van der Waals surface area contributed by atoms with Crippen molar-refractivity contribution in [2.75, 3.05) is 13.1 Å². The molecule has 0 bridgehead atoms. The molecule has 0 saturated carbocycles. The van der Waals surface area contributed by atoms with Gasteiger partial charge in [0, 0.05) is 43.1 Å². The fourth-order valence-corrected chi connectivity index (χ4v) is 3.31. The van der Waals surface area contributed by atoms with Gasteiger partial charge in [0.2, 0.25) is 0 Å². The van der Waals surface area contributed by atoms with Crippen molar-refractivity contribution in [3.8, 4) is 0 Å². The summed E-state index contributed by atoms with van der Waals surface area (Å²) in [5.41, 5.74) is 0.418. The van der Waals surface area contributed by atoms with Crippen LogP contribution in [0, 0.1) is 0 Å². The molecular formula is C14H17N3O2S. The van der Waals surface area contributed by atoms with E-state index in [9.17, 15) is 4.79 Å². The summed E-state index contributed by atoms with van der Waals surface area (Å²) in [5, 5.41) is 6.98. The van der Waals surface area contributed by atoms with Gasteiger partial charge in [0.25, 0.3) is 5.91 Å². The molecule has 1 fully saturated rings. The predicted molar refractivity (Wildman–Crippen MR) is 75.9 cm³/mol. The van der Waals surface area contributed by atoms with E-state index in [1.807, 2.05) is 23.4 Å². The second-order valence-electron chi connectivity index (χ2n) is 4.99. The lowest BCUT2D eigenvalue weighted by Crippen LogP contribution is -2.39. The Hall–Kier alpha value is -1.69. The number of amides is 1. The van der Waals surface area contributed by atoms with Gasteiger partial charge in [0.1, 0.15) is 5.76 Å². The summed E-state index contributed by atoms with van der Waals surface area (Å²) in [6.45, 7) is 3.49. The number of piperidine rings is 1. The number of rotatable bonds is 3. The number of thiazole rings is 1. The van der Waals surface area contributed by atoms with Crippen molar-refractivity contribution in [2.24, 2.45) is 0 Å². The fourth-order valence-electron chi connectivity index (χ4n) is 2.54. The zero-order chi connectivity index (χ0) is 13.9. The number of hydrogen-bond donors (Lipinski definition) is 0. The molecular weight excluding hydrogens is 274 g/mol. The molecule has 0 N–H and O–H groups in total. The average molecular weight is 291 g/mol. The Balaban J connectivity index is 1.71. The smallest absolute Gasteiger partial charge is 0.276 e. The zero-order valence-corrected chi connectivity index (χ0v) is 12.2. The molecule has 6 heteroatoms. The second-order valence-corrected chi connectivity index (χ2v) is 5.92. The third-order valence-electron chi connectivity index (χ3n) is 3.64. The minimum Gasteiger partial charge on any atom is -0.361 e. The molecule has 1 saturated heterocycles. The minimum absolute atomic E-state index is 0.0327. The van der Waals surface area contributed by atoms with Gasteiger partial charge in [0.15, 0.2) is 5.69 Å². The van der Waals surface area contributed by atoms with E-state index in [0.29, 0.717) is 11.6 Å². The monoisotopic (exact) mass is 291 g/mol.